The number of rotatable bonds is 5. The lowest BCUT2D eigenvalue weighted by molar-refractivity contribution is -0.122. The molecule has 1 atom stereocenters. The molecule has 0 bridgehead atoms. The van der Waals surface area contributed by atoms with Crippen LogP contribution in [-0.2, 0) is 16.1 Å². The van der Waals surface area contributed by atoms with Crippen LogP contribution in [0.3, 0.4) is 0 Å². The smallest absolute Gasteiger partial charge is 0.221 e. The van der Waals surface area contributed by atoms with E-state index in [0.29, 0.717) is 37.4 Å². The van der Waals surface area contributed by atoms with E-state index in [1.165, 1.54) is 6.07 Å². The number of nitrogens with zero attached hydrogens (tertiary/aromatic N) is 2. The van der Waals surface area contributed by atoms with E-state index in [1.807, 2.05) is 0 Å². The maximum absolute atomic E-state index is 14.1. The molecule has 1 saturated heterocycles. The molecular formula is C16H19FN4O2. The summed E-state index contributed by atoms with van der Waals surface area (Å²) in [5.41, 5.74) is 1.15. The van der Waals surface area contributed by atoms with Gasteiger partial charge in [-0.3, -0.25) is 4.79 Å². The van der Waals surface area contributed by atoms with Crippen molar-refractivity contribution in [3.63, 3.8) is 0 Å². The summed E-state index contributed by atoms with van der Waals surface area (Å²) in [6.07, 6.45) is 5.17. The first-order valence-electron chi connectivity index (χ1n) is 7.57. The van der Waals surface area contributed by atoms with Gasteiger partial charge in [0.2, 0.25) is 5.91 Å². The lowest BCUT2D eigenvalue weighted by Gasteiger charge is -2.23. The Labute approximate surface area is 133 Å². The van der Waals surface area contributed by atoms with Gasteiger partial charge in [-0.25, -0.2) is 9.37 Å². The second kappa shape index (κ2) is 7.34. The number of imidazole rings is 1. The third kappa shape index (κ3) is 4.14. The van der Waals surface area contributed by atoms with Gasteiger partial charge in [0.15, 0.2) is 0 Å². The van der Waals surface area contributed by atoms with Gasteiger partial charge in [0, 0.05) is 37.9 Å². The number of nitrogens with one attached hydrogen (secondary N) is 2. The molecule has 23 heavy (non-hydrogen) atoms. The molecule has 1 aromatic carbocycles. The van der Waals surface area contributed by atoms with Gasteiger partial charge in [0.25, 0.3) is 0 Å². The molecule has 1 amide bonds. The van der Waals surface area contributed by atoms with Crippen LogP contribution in [0.1, 0.15) is 12.0 Å². The number of hydrogen-bond donors (Lipinski definition) is 2. The third-order valence-corrected chi connectivity index (χ3v) is 3.71. The lowest BCUT2D eigenvalue weighted by atomic mass is 10.1. The Morgan fingerprint density at radius 1 is 1.52 bits per heavy atom. The molecule has 2 N–H and O–H groups in total. The van der Waals surface area contributed by atoms with E-state index in [-0.39, 0.29) is 17.8 Å². The topological polar surface area (TPSA) is 68.2 Å². The average Bonchev–Trinajstić information content (AvgIpc) is 3.08. The first-order chi connectivity index (χ1) is 11.2. The number of halogens is 1. The van der Waals surface area contributed by atoms with Gasteiger partial charge in [0.05, 0.1) is 25.2 Å². The number of carbonyl (C=O) groups excluding carboxylic acids is 1. The monoisotopic (exact) mass is 318 g/mol. The fraction of sp³-hybridized carbons (Fsp3) is 0.375. The standard InChI is InChI=1S/C16H19FN4O2/c17-14-7-12(1-2-15(14)21-5-3-18-11-21)9-20-16(22)8-13-10-23-6-4-19-13/h1-3,5,7,11,13,19H,4,6,8-10H2,(H,20,22). The summed E-state index contributed by atoms with van der Waals surface area (Å²) < 4.78 is 21.0. The van der Waals surface area contributed by atoms with E-state index in [1.54, 1.807) is 35.4 Å². The number of carbonyl (C=O) groups is 1. The number of amides is 1. The average molecular weight is 318 g/mol. The molecule has 1 aliphatic heterocycles. The Bertz CT molecular complexity index is 654. The van der Waals surface area contributed by atoms with Crippen molar-refractivity contribution in [3.05, 3.63) is 48.3 Å². The van der Waals surface area contributed by atoms with Crippen LogP contribution in [0.15, 0.2) is 36.9 Å². The van der Waals surface area contributed by atoms with Crippen LogP contribution < -0.4 is 10.6 Å². The highest BCUT2D eigenvalue weighted by atomic mass is 19.1. The minimum Gasteiger partial charge on any atom is -0.378 e. The van der Waals surface area contributed by atoms with Crippen molar-refractivity contribution in [2.24, 2.45) is 0 Å². The minimum atomic E-state index is -0.350. The summed E-state index contributed by atoms with van der Waals surface area (Å²) in [4.78, 5) is 15.8. The number of ether oxygens (including phenoxy) is 1. The Balaban J connectivity index is 1.54. The quantitative estimate of drug-likeness (QED) is 0.863. The summed E-state index contributed by atoms with van der Waals surface area (Å²) in [6.45, 7) is 2.29. The van der Waals surface area contributed by atoms with Crippen LogP contribution in [0, 0.1) is 5.82 Å². The molecule has 7 heteroatoms. The Hall–Kier alpha value is -2.25. The number of benzene rings is 1. The van der Waals surface area contributed by atoms with E-state index in [0.717, 1.165) is 6.54 Å². The zero-order valence-corrected chi connectivity index (χ0v) is 12.7. The Kier molecular flexibility index (Phi) is 4.99. The van der Waals surface area contributed by atoms with Crippen molar-refractivity contribution in [1.82, 2.24) is 20.2 Å². The van der Waals surface area contributed by atoms with Gasteiger partial charge >= 0.3 is 0 Å². The van der Waals surface area contributed by atoms with E-state index >= 15 is 0 Å². The van der Waals surface area contributed by atoms with Crippen molar-refractivity contribution in [1.29, 1.82) is 0 Å². The second-order valence-electron chi connectivity index (χ2n) is 5.46. The molecule has 1 unspecified atom stereocenters. The van der Waals surface area contributed by atoms with E-state index in [4.69, 9.17) is 4.74 Å². The van der Waals surface area contributed by atoms with Crippen molar-refractivity contribution < 1.29 is 13.9 Å². The molecule has 0 radical (unpaired) electrons. The molecule has 6 nitrogen and oxygen atoms in total. The molecule has 0 saturated carbocycles. The first kappa shape index (κ1) is 15.6. The predicted octanol–water partition coefficient (Wildman–Crippen LogP) is 1.01. The molecule has 1 aromatic heterocycles. The number of morpholine rings is 1. The van der Waals surface area contributed by atoms with Crippen LogP contribution in [0.4, 0.5) is 4.39 Å². The lowest BCUT2D eigenvalue weighted by Crippen LogP contribution is -2.44. The number of aromatic nitrogens is 2. The molecule has 2 aromatic rings. The van der Waals surface area contributed by atoms with Gasteiger partial charge in [-0.1, -0.05) is 6.07 Å². The third-order valence-electron chi connectivity index (χ3n) is 3.71. The molecule has 3 rings (SSSR count). The highest BCUT2D eigenvalue weighted by Gasteiger charge is 2.16. The summed E-state index contributed by atoms with van der Waals surface area (Å²) >= 11 is 0. The van der Waals surface area contributed by atoms with Crippen molar-refractivity contribution in [2.45, 2.75) is 19.0 Å². The summed E-state index contributed by atoms with van der Waals surface area (Å²) in [5, 5.41) is 6.03. The highest BCUT2D eigenvalue weighted by Crippen LogP contribution is 2.15. The summed E-state index contributed by atoms with van der Waals surface area (Å²) in [5.74, 6) is -0.427. The molecule has 1 fully saturated rings. The Morgan fingerprint density at radius 3 is 3.13 bits per heavy atom. The molecule has 0 spiro atoms. The molecule has 0 aliphatic carbocycles. The van der Waals surface area contributed by atoms with Crippen LogP contribution in [0.5, 0.6) is 0 Å². The highest BCUT2D eigenvalue weighted by molar-refractivity contribution is 5.76. The van der Waals surface area contributed by atoms with Gasteiger partial charge in [0.1, 0.15) is 5.82 Å². The zero-order valence-electron chi connectivity index (χ0n) is 12.7. The second-order valence-corrected chi connectivity index (χ2v) is 5.46. The van der Waals surface area contributed by atoms with Gasteiger partial charge in [-0.15, -0.1) is 0 Å². The zero-order chi connectivity index (χ0) is 16.1. The fourth-order valence-electron chi connectivity index (χ4n) is 2.52. The van der Waals surface area contributed by atoms with E-state index in [2.05, 4.69) is 15.6 Å². The fourth-order valence-corrected chi connectivity index (χ4v) is 2.52. The predicted molar refractivity (Wildman–Crippen MR) is 82.6 cm³/mol. The normalized spacial score (nSPS) is 17.9. The van der Waals surface area contributed by atoms with Crippen molar-refractivity contribution >= 4 is 5.91 Å². The van der Waals surface area contributed by atoms with E-state index in [9.17, 15) is 9.18 Å². The molecule has 1 aliphatic rings. The molecule has 2 heterocycles. The SMILES string of the molecule is O=C(CC1COCCN1)NCc1ccc(-n2ccnc2)c(F)c1. The van der Waals surface area contributed by atoms with Gasteiger partial charge < -0.3 is 19.9 Å². The van der Waals surface area contributed by atoms with Crippen LogP contribution >= 0.6 is 0 Å². The number of hydrogen-bond acceptors (Lipinski definition) is 4. The van der Waals surface area contributed by atoms with Crippen LogP contribution in [0.2, 0.25) is 0 Å². The first-order valence-corrected chi connectivity index (χ1v) is 7.57. The summed E-state index contributed by atoms with van der Waals surface area (Å²) in [6, 6.07) is 4.94. The van der Waals surface area contributed by atoms with Crippen molar-refractivity contribution in [3.8, 4) is 5.69 Å². The van der Waals surface area contributed by atoms with Crippen molar-refractivity contribution in [2.75, 3.05) is 19.8 Å². The maximum Gasteiger partial charge on any atom is 0.221 e. The van der Waals surface area contributed by atoms with Crippen LogP contribution in [0.25, 0.3) is 5.69 Å². The molecular weight excluding hydrogens is 299 g/mol. The van der Waals surface area contributed by atoms with Crippen LogP contribution in [-0.4, -0.2) is 41.3 Å². The van der Waals surface area contributed by atoms with E-state index < -0.39 is 0 Å². The summed E-state index contributed by atoms with van der Waals surface area (Å²) in [7, 11) is 0. The van der Waals surface area contributed by atoms with Gasteiger partial charge in [-0.2, -0.15) is 0 Å². The Morgan fingerprint density at radius 2 is 2.43 bits per heavy atom. The minimum absolute atomic E-state index is 0.0455. The largest absolute Gasteiger partial charge is 0.378 e. The van der Waals surface area contributed by atoms with Gasteiger partial charge in [-0.05, 0) is 17.7 Å². The molecule has 122 valence electrons. The maximum atomic E-state index is 14.1.